The minimum Gasteiger partial charge on any atom is -0.327 e. The van der Waals surface area contributed by atoms with Gasteiger partial charge < -0.3 is 5.73 Å². The fraction of sp³-hybridized carbons (Fsp3) is 0.353. The van der Waals surface area contributed by atoms with Gasteiger partial charge in [-0.1, -0.05) is 38.1 Å². The van der Waals surface area contributed by atoms with Gasteiger partial charge in [0.1, 0.15) is 0 Å². The van der Waals surface area contributed by atoms with Crippen molar-refractivity contribution in [2.45, 2.75) is 38.6 Å². The number of benzene rings is 1. The van der Waals surface area contributed by atoms with E-state index in [2.05, 4.69) is 43.1 Å². The van der Waals surface area contributed by atoms with Crippen LogP contribution in [0.25, 0.3) is 0 Å². The average Bonchev–Trinajstić information content (AvgIpc) is 2.40. The smallest absolute Gasteiger partial charge is 0.0270 e. The third-order valence-electron chi connectivity index (χ3n) is 3.39. The molecule has 100 valence electrons. The Morgan fingerprint density at radius 3 is 1.95 bits per heavy atom. The molecule has 0 aliphatic carbocycles. The van der Waals surface area contributed by atoms with Gasteiger partial charge in [0.05, 0.1) is 0 Å². The number of hydrogen-bond acceptors (Lipinski definition) is 2. The molecule has 2 nitrogen and oxygen atoms in total. The zero-order valence-electron chi connectivity index (χ0n) is 11.7. The van der Waals surface area contributed by atoms with E-state index in [1.807, 2.05) is 24.5 Å². The van der Waals surface area contributed by atoms with Crippen molar-refractivity contribution in [1.29, 1.82) is 0 Å². The van der Waals surface area contributed by atoms with Gasteiger partial charge in [0, 0.05) is 18.4 Å². The van der Waals surface area contributed by atoms with Crippen molar-refractivity contribution in [3.63, 3.8) is 0 Å². The Morgan fingerprint density at radius 1 is 0.895 bits per heavy atom. The topological polar surface area (TPSA) is 38.9 Å². The Labute approximate surface area is 115 Å². The Morgan fingerprint density at radius 2 is 1.42 bits per heavy atom. The van der Waals surface area contributed by atoms with Crippen LogP contribution < -0.4 is 5.73 Å². The van der Waals surface area contributed by atoms with Gasteiger partial charge >= 0.3 is 0 Å². The molecule has 1 aromatic heterocycles. The van der Waals surface area contributed by atoms with E-state index in [-0.39, 0.29) is 6.04 Å². The van der Waals surface area contributed by atoms with E-state index in [1.54, 1.807) is 0 Å². The second kappa shape index (κ2) is 6.48. The van der Waals surface area contributed by atoms with Crippen LogP contribution in [0.1, 0.15) is 36.5 Å². The van der Waals surface area contributed by atoms with Gasteiger partial charge in [-0.25, -0.2) is 0 Å². The second-order valence-electron chi connectivity index (χ2n) is 5.42. The van der Waals surface area contributed by atoms with Gasteiger partial charge in [-0.15, -0.1) is 0 Å². The number of rotatable bonds is 5. The lowest BCUT2D eigenvalue weighted by molar-refractivity contribution is 0.664. The molecule has 1 unspecified atom stereocenters. The van der Waals surface area contributed by atoms with Crippen molar-refractivity contribution < 1.29 is 0 Å². The normalized spacial score (nSPS) is 12.6. The lowest BCUT2D eigenvalue weighted by Crippen LogP contribution is -2.25. The first-order valence-corrected chi connectivity index (χ1v) is 6.88. The summed E-state index contributed by atoms with van der Waals surface area (Å²) in [5.41, 5.74) is 10.2. The van der Waals surface area contributed by atoms with Crippen LogP contribution in [0.2, 0.25) is 0 Å². The highest BCUT2D eigenvalue weighted by Gasteiger charge is 2.06. The van der Waals surface area contributed by atoms with E-state index in [0.717, 1.165) is 12.8 Å². The van der Waals surface area contributed by atoms with Crippen LogP contribution in [0, 0.1) is 0 Å². The average molecular weight is 254 g/mol. The van der Waals surface area contributed by atoms with Crippen LogP contribution in [-0.4, -0.2) is 11.0 Å². The fourth-order valence-corrected chi connectivity index (χ4v) is 2.24. The van der Waals surface area contributed by atoms with Crippen LogP contribution in [0.3, 0.4) is 0 Å². The van der Waals surface area contributed by atoms with E-state index >= 15 is 0 Å². The van der Waals surface area contributed by atoms with E-state index in [4.69, 9.17) is 5.73 Å². The van der Waals surface area contributed by atoms with Gasteiger partial charge in [0.2, 0.25) is 0 Å². The summed E-state index contributed by atoms with van der Waals surface area (Å²) in [6.07, 6.45) is 5.45. The van der Waals surface area contributed by atoms with Crippen LogP contribution in [-0.2, 0) is 12.8 Å². The Bertz CT molecular complexity index is 488. The highest BCUT2D eigenvalue weighted by atomic mass is 14.6. The fourth-order valence-electron chi connectivity index (χ4n) is 2.24. The van der Waals surface area contributed by atoms with Crippen molar-refractivity contribution >= 4 is 0 Å². The maximum Gasteiger partial charge on any atom is 0.0270 e. The third-order valence-corrected chi connectivity index (χ3v) is 3.39. The number of hydrogen-bond donors (Lipinski definition) is 1. The molecule has 0 fully saturated rings. The van der Waals surface area contributed by atoms with E-state index in [9.17, 15) is 0 Å². The Hall–Kier alpha value is -1.67. The molecule has 0 saturated heterocycles. The predicted octanol–water partition coefficient (Wildman–Crippen LogP) is 3.32. The standard InChI is InChI=1S/C17H22N2/c1-13(2)16-5-3-14(4-6-16)11-17(18)12-15-7-9-19-10-8-15/h3-10,13,17H,11-12,18H2,1-2H3. The molecule has 1 heterocycles. The zero-order valence-corrected chi connectivity index (χ0v) is 11.7. The summed E-state index contributed by atoms with van der Waals surface area (Å²) in [4.78, 5) is 4.02. The van der Waals surface area contributed by atoms with Crippen LogP contribution in [0.15, 0.2) is 48.8 Å². The summed E-state index contributed by atoms with van der Waals surface area (Å²) < 4.78 is 0. The summed E-state index contributed by atoms with van der Waals surface area (Å²) in [5, 5.41) is 0. The summed E-state index contributed by atoms with van der Waals surface area (Å²) >= 11 is 0. The molecule has 0 spiro atoms. The first-order chi connectivity index (χ1) is 9.15. The van der Waals surface area contributed by atoms with Gasteiger partial charge in [0.25, 0.3) is 0 Å². The minimum absolute atomic E-state index is 0.160. The van der Waals surface area contributed by atoms with Gasteiger partial charge in [-0.3, -0.25) is 4.98 Å². The van der Waals surface area contributed by atoms with Crippen LogP contribution >= 0.6 is 0 Å². The first kappa shape index (κ1) is 13.8. The second-order valence-corrected chi connectivity index (χ2v) is 5.42. The molecule has 2 rings (SSSR count). The predicted molar refractivity (Wildman–Crippen MR) is 80.2 cm³/mol. The van der Waals surface area contributed by atoms with Crippen LogP contribution in [0.4, 0.5) is 0 Å². The molecule has 19 heavy (non-hydrogen) atoms. The molecular weight excluding hydrogens is 232 g/mol. The monoisotopic (exact) mass is 254 g/mol. The number of nitrogens with two attached hydrogens (primary N) is 1. The maximum atomic E-state index is 6.22. The number of nitrogens with zero attached hydrogens (tertiary/aromatic N) is 1. The molecule has 0 amide bonds. The molecule has 1 aromatic carbocycles. The molecule has 1 atom stereocenters. The zero-order chi connectivity index (χ0) is 13.7. The van der Waals surface area contributed by atoms with Crippen molar-refractivity contribution in [1.82, 2.24) is 4.98 Å². The molecule has 0 radical (unpaired) electrons. The maximum absolute atomic E-state index is 6.22. The van der Waals surface area contributed by atoms with E-state index in [0.29, 0.717) is 5.92 Å². The molecule has 2 aromatic rings. The first-order valence-electron chi connectivity index (χ1n) is 6.88. The molecule has 2 heteroatoms. The highest BCUT2D eigenvalue weighted by Crippen LogP contribution is 2.15. The highest BCUT2D eigenvalue weighted by molar-refractivity contribution is 5.25. The number of pyridine rings is 1. The molecule has 0 aliphatic rings. The Balaban J connectivity index is 1.93. The quantitative estimate of drug-likeness (QED) is 0.889. The van der Waals surface area contributed by atoms with Crippen LogP contribution in [0.5, 0.6) is 0 Å². The summed E-state index contributed by atoms with van der Waals surface area (Å²) in [7, 11) is 0. The van der Waals surface area contributed by atoms with Gasteiger partial charge in [-0.05, 0) is 47.6 Å². The van der Waals surface area contributed by atoms with Crippen molar-refractivity contribution in [2.24, 2.45) is 5.73 Å². The molecule has 0 bridgehead atoms. The Kier molecular flexibility index (Phi) is 4.69. The summed E-state index contributed by atoms with van der Waals surface area (Å²) in [6.45, 7) is 4.42. The molecule has 0 aliphatic heterocycles. The van der Waals surface area contributed by atoms with E-state index < -0.39 is 0 Å². The molecule has 2 N–H and O–H groups in total. The largest absolute Gasteiger partial charge is 0.327 e. The lowest BCUT2D eigenvalue weighted by atomic mass is 9.97. The van der Waals surface area contributed by atoms with Crippen molar-refractivity contribution in [3.05, 3.63) is 65.5 Å². The van der Waals surface area contributed by atoms with Crippen molar-refractivity contribution in [3.8, 4) is 0 Å². The molecule has 0 saturated carbocycles. The third kappa shape index (κ3) is 4.18. The summed E-state index contributed by atoms with van der Waals surface area (Å²) in [5.74, 6) is 0.583. The SMILES string of the molecule is CC(C)c1ccc(CC(N)Cc2ccncc2)cc1. The van der Waals surface area contributed by atoms with Gasteiger partial charge in [-0.2, -0.15) is 0 Å². The van der Waals surface area contributed by atoms with Gasteiger partial charge in [0.15, 0.2) is 0 Å². The van der Waals surface area contributed by atoms with Crippen molar-refractivity contribution in [2.75, 3.05) is 0 Å². The summed E-state index contributed by atoms with van der Waals surface area (Å²) in [6, 6.07) is 13.0. The minimum atomic E-state index is 0.160. The van der Waals surface area contributed by atoms with E-state index in [1.165, 1.54) is 16.7 Å². The lowest BCUT2D eigenvalue weighted by Gasteiger charge is -2.12. The number of aromatic nitrogens is 1. The molecular formula is C17H22N2.